The minimum Gasteiger partial charge on any atom is -0.497 e. The van der Waals surface area contributed by atoms with Gasteiger partial charge in [-0.2, -0.15) is 0 Å². The molecule has 1 saturated carbocycles. The quantitative estimate of drug-likeness (QED) is 0.450. The average Bonchev–Trinajstić information content (AvgIpc) is 3.49. The van der Waals surface area contributed by atoms with Crippen molar-refractivity contribution in [3.05, 3.63) is 78.8 Å². The van der Waals surface area contributed by atoms with Crippen LogP contribution in [0.15, 0.2) is 66.1 Å². The minimum atomic E-state index is -0.971. The molecule has 1 aliphatic carbocycles. The van der Waals surface area contributed by atoms with Crippen LogP contribution in [0.1, 0.15) is 55.6 Å². The van der Waals surface area contributed by atoms with Crippen LogP contribution >= 0.6 is 0 Å². The fourth-order valence-electron chi connectivity index (χ4n) is 3.69. The van der Waals surface area contributed by atoms with Crippen LogP contribution in [0.2, 0.25) is 0 Å². The van der Waals surface area contributed by atoms with Gasteiger partial charge in [-0.05, 0) is 68.4 Å². The number of hydrogen-bond donors (Lipinski definition) is 1. The van der Waals surface area contributed by atoms with Crippen molar-refractivity contribution in [1.82, 2.24) is 4.90 Å². The third-order valence-electron chi connectivity index (χ3n) is 5.61. The van der Waals surface area contributed by atoms with Crippen LogP contribution < -0.4 is 4.74 Å². The van der Waals surface area contributed by atoms with Crippen LogP contribution in [0, 0.1) is 0 Å². The molecule has 1 heterocycles. The van der Waals surface area contributed by atoms with E-state index in [1.165, 1.54) is 18.4 Å². The van der Waals surface area contributed by atoms with Crippen molar-refractivity contribution in [1.29, 1.82) is 0 Å². The van der Waals surface area contributed by atoms with Crippen molar-refractivity contribution >= 4 is 0 Å². The topological polar surface area (TPSA) is 45.8 Å². The number of benzene rings is 1. The number of allylic oxidation sites excluding steroid dienone is 2. The molecule has 0 bridgehead atoms. The number of aliphatic hydroxyl groups is 1. The predicted octanol–water partition coefficient (Wildman–Crippen LogP) is 5.57. The summed E-state index contributed by atoms with van der Waals surface area (Å²) in [5.41, 5.74) is 0.291. The zero-order valence-electron chi connectivity index (χ0n) is 17.5. The van der Waals surface area contributed by atoms with Crippen LogP contribution in [0.4, 0.5) is 0 Å². The molecule has 156 valence electrons. The average molecular weight is 396 g/mol. The summed E-state index contributed by atoms with van der Waals surface area (Å²) in [5.74, 6) is 2.42. The molecule has 1 aliphatic rings. The third-order valence-corrected chi connectivity index (χ3v) is 5.61. The third kappa shape index (κ3) is 5.84. The van der Waals surface area contributed by atoms with Crippen LogP contribution in [0.3, 0.4) is 0 Å². The van der Waals surface area contributed by atoms with Gasteiger partial charge in [0.25, 0.3) is 0 Å². The van der Waals surface area contributed by atoms with E-state index < -0.39 is 5.60 Å². The Morgan fingerprint density at radius 1 is 1.07 bits per heavy atom. The SMILES string of the molecule is C=CCCC(O)(CCC=C)c1ccc(CN(Cc2ccc(OC)cc2)C2CC2)o1. The van der Waals surface area contributed by atoms with Gasteiger partial charge in [-0.3, -0.25) is 4.90 Å². The van der Waals surface area contributed by atoms with Crippen molar-refractivity contribution in [2.75, 3.05) is 7.11 Å². The minimum absolute atomic E-state index is 0.603. The summed E-state index contributed by atoms with van der Waals surface area (Å²) in [7, 11) is 1.69. The highest BCUT2D eigenvalue weighted by molar-refractivity contribution is 5.27. The van der Waals surface area contributed by atoms with E-state index in [0.29, 0.717) is 24.6 Å². The van der Waals surface area contributed by atoms with E-state index >= 15 is 0 Å². The Labute approximate surface area is 174 Å². The van der Waals surface area contributed by atoms with Gasteiger partial charge in [-0.25, -0.2) is 0 Å². The summed E-state index contributed by atoms with van der Waals surface area (Å²) in [6.07, 6.45) is 8.84. The van der Waals surface area contributed by atoms with E-state index in [-0.39, 0.29) is 0 Å². The standard InChI is InChI=1S/C25H33NO3/c1-4-6-16-25(27,17-7-5-2)24-15-14-23(29-24)19-26(21-10-11-21)18-20-8-12-22(28-3)13-9-20/h4-5,8-9,12-15,21,27H,1-2,6-7,10-11,16-19H2,3H3. The fraction of sp³-hybridized carbons (Fsp3) is 0.440. The van der Waals surface area contributed by atoms with Crippen molar-refractivity contribution in [3.63, 3.8) is 0 Å². The predicted molar refractivity (Wildman–Crippen MR) is 117 cm³/mol. The van der Waals surface area contributed by atoms with E-state index in [0.717, 1.165) is 37.4 Å². The van der Waals surface area contributed by atoms with Crippen LogP contribution in [0.5, 0.6) is 5.75 Å². The van der Waals surface area contributed by atoms with Gasteiger partial charge in [-0.1, -0.05) is 24.3 Å². The van der Waals surface area contributed by atoms with Crippen molar-refractivity contribution in [2.24, 2.45) is 0 Å². The van der Waals surface area contributed by atoms with Gasteiger partial charge in [-0.15, -0.1) is 13.2 Å². The summed E-state index contributed by atoms with van der Waals surface area (Å²) < 4.78 is 11.4. The summed E-state index contributed by atoms with van der Waals surface area (Å²) in [6, 6.07) is 12.8. The van der Waals surface area contributed by atoms with Gasteiger partial charge < -0.3 is 14.3 Å². The first-order valence-corrected chi connectivity index (χ1v) is 10.5. The molecule has 0 radical (unpaired) electrons. The Hall–Kier alpha value is -2.30. The molecule has 3 rings (SSSR count). The monoisotopic (exact) mass is 395 g/mol. The Balaban J connectivity index is 1.69. The maximum Gasteiger partial charge on any atom is 0.135 e. The van der Waals surface area contributed by atoms with E-state index in [2.05, 4.69) is 30.2 Å². The van der Waals surface area contributed by atoms with Gasteiger partial charge in [0, 0.05) is 12.6 Å². The van der Waals surface area contributed by atoms with Crippen molar-refractivity contribution < 1.29 is 14.3 Å². The smallest absolute Gasteiger partial charge is 0.135 e. The first-order valence-electron chi connectivity index (χ1n) is 10.5. The molecule has 0 atom stereocenters. The lowest BCUT2D eigenvalue weighted by Crippen LogP contribution is -2.26. The number of furan rings is 1. The Bertz CT molecular complexity index is 777. The molecular formula is C25H33NO3. The maximum atomic E-state index is 11.2. The number of methoxy groups -OCH3 is 1. The Morgan fingerprint density at radius 2 is 1.72 bits per heavy atom. The number of ether oxygens (including phenoxy) is 1. The second-order valence-electron chi connectivity index (χ2n) is 7.94. The Morgan fingerprint density at radius 3 is 2.28 bits per heavy atom. The fourth-order valence-corrected chi connectivity index (χ4v) is 3.69. The second kappa shape index (κ2) is 9.95. The van der Waals surface area contributed by atoms with Gasteiger partial charge in [0.05, 0.1) is 13.7 Å². The maximum absolute atomic E-state index is 11.2. The van der Waals surface area contributed by atoms with Crippen LogP contribution in [-0.2, 0) is 18.7 Å². The van der Waals surface area contributed by atoms with E-state index in [9.17, 15) is 5.11 Å². The van der Waals surface area contributed by atoms with Crippen molar-refractivity contribution in [2.45, 2.75) is 63.3 Å². The first-order chi connectivity index (χ1) is 14.1. The van der Waals surface area contributed by atoms with Crippen molar-refractivity contribution in [3.8, 4) is 5.75 Å². The highest BCUT2D eigenvalue weighted by atomic mass is 16.5. The summed E-state index contributed by atoms with van der Waals surface area (Å²) in [6.45, 7) is 9.19. The molecule has 2 aromatic rings. The van der Waals surface area contributed by atoms with Crippen LogP contribution in [0.25, 0.3) is 0 Å². The van der Waals surface area contributed by atoms with Gasteiger partial charge in [0.1, 0.15) is 22.9 Å². The molecular weight excluding hydrogens is 362 g/mol. The van der Waals surface area contributed by atoms with E-state index in [4.69, 9.17) is 9.15 Å². The lowest BCUT2D eigenvalue weighted by atomic mass is 9.89. The lowest BCUT2D eigenvalue weighted by molar-refractivity contribution is -0.00219. The Kier molecular flexibility index (Phi) is 7.34. The molecule has 1 aromatic heterocycles. The molecule has 4 nitrogen and oxygen atoms in total. The molecule has 0 spiro atoms. The van der Waals surface area contributed by atoms with E-state index in [1.54, 1.807) is 7.11 Å². The molecule has 0 saturated heterocycles. The van der Waals surface area contributed by atoms with E-state index in [1.807, 2.05) is 36.4 Å². The first kappa shape index (κ1) is 21.4. The summed E-state index contributed by atoms with van der Waals surface area (Å²) in [5, 5.41) is 11.2. The summed E-state index contributed by atoms with van der Waals surface area (Å²) >= 11 is 0. The molecule has 1 fully saturated rings. The number of nitrogens with zero attached hydrogens (tertiary/aromatic N) is 1. The second-order valence-corrected chi connectivity index (χ2v) is 7.94. The zero-order chi connectivity index (χ0) is 20.7. The molecule has 29 heavy (non-hydrogen) atoms. The molecule has 0 aliphatic heterocycles. The lowest BCUT2D eigenvalue weighted by Gasteiger charge is -2.25. The molecule has 1 aromatic carbocycles. The molecule has 0 unspecified atom stereocenters. The largest absolute Gasteiger partial charge is 0.497 e. The van der Waals surface area contributed by atoms with Gasteiger partial charge in [0.2, 0.25) is 0 Å². The highest BCUT2D eigenvalue weighted by Crippen LogP contribution is 2.35. The summed E-state index contributed by atoms with van der Waals surface area (Å²) in [4.78, 5) is 2.46. The normalized spacial score (nSPS) is 14.2. The number of hydrogen-bond acceptors (Lipinski definition) is 4. The van der Waals surface area contributed by atoms with Gasteiger partial charge in [0.15, 0.2) is 0 Å². The highest BCUT2D eigenvalue weighted by Gasteiger charge is 2.33. The number of rotatable bonds is 13. The molecule has 4 heteroatoms. The zero-order valence-corrected chi connectivity index (χ0v) is 17.5. The van der Waals surface area contributed by atoms with Gasteiger partial charge >= 0.3 is 0 Å². The molecule has 1 N–H and O–H groups in total. The molecule has 0 amide bonds. The van der Waals surface area contributed by atoms with Crippen LogP contribution in [-0.4, -0.2) is 23.2 Å².